The Kier molecular flexibility index (Phi) is 11.2. The highest BCUT2D eigenvalue weighted by atomic mass is 16.4. The summed E-state index contributed by atoms with van der Waals surface area (Å²) < 4.78 is 0. The Morgan fingerprint density at radius 3 is 1.15 bits per heavy atom. The van der Waals surface area contributed by atoms with Crippen molar-refractivity contribution < 1.29 is 29.4 Å². The Labute approximate surface area is 231 Å². The number of aromatic carboxylic acids is 2. The molecule has 4 aromatic rings. The van der Waals surface area contributed by atoms with Crippen LogP contribution in [-0.2, 0) is 0 Å². The van der Waals surface area contributed by atoms with E-state index in [1.165, 1.54) is 36.4 Å². The minimum atomic E-state index is -1.21. The fraction of sp³-hybridized carbons (Fsp3) is 0.0625. The van der Waals surface area contributed by atoms with Gasteiger partial charge in [0.15, 0.2) is 0 Å². The minimum absolute atomic E-state index is 0.0155. The monoisotopic (exact) mass is 534 g/mol. The van der Waals surface area contributed by atoms with Crippen LogP contribution in [0.1, 0.15) is 55.3 Å². The number of amides is 2. The van der Waals surface area contributed by atoms with Crippen molar-refractivity contribution in [1.29, 1.82) is 0 Å². The molecule has 0 saturated carbocycles. The smallest absolute Gasteiger partial charge is 0.336 e. The van der Waals surface area contributed by atoms with Gasteiger partial charge < -0.3 is 20.8 Å². The van der Waals surface area contributed by atoms with Gasteiger partial charge in [-0.2, -0.15) is 0 Å². The third-order valence-corrected chi connectivity index (χ3v) is 5.22. The van der Waals surface area contributed by atoms with Crippen LogP contribution in [0.25, 0.3) is 10.8 Å². The average molecular weight is 535 g/mol. The predicted molar refractivity (Wildman–Crippen MR) is 156 cm³/mol. The number of hydrogen-bond acceptors (Lipinski definition) is 4. The molecule has 40 heavy (non-hydrogen) atoms. The summed E-state index contributed by atoms with van der Waals surface area (Å²) in [5, 5.41) is 25.4. The van der Waals surface area contributed by atoms with E-state index in [2.05, 4.69) is 35.3 Å². The average Bonchev–Trinajstić information content (AvgIpc) is 2.94. The molecule has 0 fully saturated rings. The van der Waals surface area contributed by atoms with Crippen molar-refractivity contribution in [2.75, 3.05) is 10.6 Å². The first-order chi connectivity index (χ1) is 19.2. The summed E-state index contributed by atoms with van der Waals surface area (Å²) in [6.07, 6.45) is 9.19. The molecular weight excluding hydrogens is 508 g/mol. The van der Waals surface area contributed by atoms with Crippen LogP contribution >= 0.6 is 0 Å². The summed E-state index contributed by atoms with van der Waals surface area (Å²) in [5.74, 6) is 0.899. The molecule has 4 rings (SSSR count). The molecule has 8 heteroatoms. The molecule has 200 valence electrons. The molecule has 0 saturated heterocycles. The van der Waals surface area contributed by atoms with Crippen LogP contribution in [-0.4, -0.2) is 34.0 Å². The summed E-state index contributed by atoms with van der Waals surface area (Å²) in [6, 6.07) is 22.0. The van der Waals surface area contributed by atoms with Gasteiger partial charge in [-0.25, -0.2) is 9.59 Å². The van der Waals surface area contributed by atoms with Gasteiger partial charge in [-0.1, -0.05) is 48.5 Å². The van der Waals surface area contributed by atoms with Crippen LogP contribution in [0.3, 0.4) is 0 Å². The molecule has 0 heterocycles. The standard InChI is InChI=1S/C26H18N2O6.2C3H4/c29-23(17-7-1-3-9-19(17)25(31)32)27-21-13-5-12-16-15(21)11-6-14-22(16)28-24(30)18-8-2-4-10-20(18)26(33)34;2*1-3-2/h1-14H,(H,27,29)(H,28,30)(H,31,32)(H,33,34);2*1H,2H3. The van der Waals surface area contributed by atoms with Crippen molar-refractivity contribution in [2.24, 2.45) is 0 Å². The lowest BCUT2D eigenvalue weighted by atomic mass is 10.0. The number of hydrogen-bond donors (Lipinski definition) is 4. The third-order valence-electron chi connectivity index (χ3n) is 5.22. The zero-order valence-electron chi connectivity index (χ0n) is 21.8. The Morgan fingerprint density at radius 2 is 0.850 bits per heavy atom. The van der Waals surface area contributed by atoms with Crippen molar-refractivity contribution in [2.45, 2.75) is 13.8 Å². The SMILES string of the molecule is C#CC.C#CC.O=C(O)c1ccccc1C(=O)Nc1cccc2c(NC(=O)c3ccccc3C(=O)O)cccc12. The van der Waals surface area contributed by atoms with Gasteiger partial charge in [0, 0.05) is 22.1 Å². The molecule has 4 N–H and O–H groups in total. The molecule has 2 amide bonds. The number of anilines is 2. The normalized spacial score (nSPS) is 9.30. The van der Waals surface area contributed by atoms with Gasteiger partial charge in [0.1, 0.15) is 0 Å². The molecule has 0 aliphatic rings. The van der Waals surface area contributed by atoms with Gasteiger partial charge in [0.25, 0.3) is 11.8 Å². The van der Waals surface area contributed by atoms with Crippen molar-refractivity contribution in [1.82, 2.24) is 0 Å². The van der Waals surface area contributed by atoms with E-state index < -0.39 is 23.8 Å². The van der Waals surface area contributed by atoms with Crippen molar-refractivity contribution in [3.8, 4) is 24.7 Å². The number of carboxylic acid groups (broad SMARTS) is 2. The highest BCUT2D eigenvalue weighted by Gasteiger charge is 2.19. The van der Waals surface area contributed by atoms with Crippen LogP contribution in [0.2, 0.25) is 0 Å². The second-order valence-corrected chi connectivity index (χ2v) is 7.89. The van der Waals surface area contributed by atoms with E-state index in [-0.39, 0.29) is 22.3 Å². The summed E-state index contributed by atoms with van der Waals surface area (Å²) in [5.41, 5.74) is 0.633. The fourth-order valence-electron chi connectivity index (χ4n) is 3.64. The van der Waals surface area contributed by atoms with Crippen molar-refractivity contribution in [3.63, 3.8) is 0 Å². The van der Waals surface area contributed by atoms with E-state index in [1.54, 1.807) is 62.4 Å². The Bertz CT molecular complexity index is 1520. The Balaban J connectivity index is 0.000000858. The van der Waals surface area contributed by atoms with E-state index in [0.29, 0.717) is 22.1 Å². The molecule has 4 aromatic carbocycles. The quantitative estimate of drug-likeness (QED) is 0.224. The number of carboxylic acids is 2. The first-order valence-electron chi connectivity index (χ1n) is 11.7. The number of rotatable bonds is 6. The molecule has 0 radical (unpaired) electrons. The Hall–Kier alpha value is -5.86. The van der Waals surface area contributed by atoms with Crippen LogP contribution in [0.15, 0.2) is 84.9 Å². The maximum Gasteiger partial charge on any atom is 0.336 e. The first-order valence-corrected chi connectivity index (χ1v) is 11.7. The number of benzene rings is 4. The van der Waals surface area contributed by atoms with Crippen molar-refractivity contribution in [3.05, 3.63) is 107 Å². The third kappa shape index (κ3) is 7.58. The van der Waals surface area contributed by atoms with Gasteiger partial charge in [-0.3, -0.25) is 9.59 Å². The zero-order chi connectivity index (χ0) is 29.7. The number of carbonyl (C=O) groups excluding carboxylic acids is 2. The maximum absolute atomic E-state index is 12.8. The van der Waals surface area contributed by atoms with Crippen LogP contribution in [0.5, 0.6) is 0 Å². The van der Waals surface area contributed by atoms with Crippen LogP contribution in [0, 0.1) is 24.7 Å². The summed E-state index contributed by atoms with van der Waals surface area (Å²) >= 11 is 0. The molecule has 0 atom stereocenters. The van der Waals surface area contributed by atoms with Crippen LogP contribution < -0.4 is 10.6 Å². The lowest BCUT2D eigenvalue weighted by molar-refractivity contribution is 0.0683. The highest BCUT2D eigenvalue weighted by molar-refractivity contribution is 6.17. The summed E-state index contributed by atoms with van der Waals surface area (Å²) in [4.78, 5) is 48.6. The lowest BCUT2D eigenvalue weighted by Crippen LogP contribution is -2.17. The number of fused-ring (bicyclic) bond motifs is 1. The van der Waals surface area contributed by atoms with E-state index in [1.807, 2.05) is 0 Å². The topological polar surface area (TPSA) is 133 Å². The van der Waals surface area contributed by atoms with E-state index in [0.717, 1.165) is 0 Å². The second-order valence-electron chi connectivity index (χ2n) is 7.89. The van der Waals surface area contributed by atoms with Gasteiger partial charge in [0.2, 0.25) is 0 Å². The fourth-order valence-corrected chi connectivity index (χ4v) is 3.64. The zero-order valence-corrected chi connectivity index (χ0v) is 21.8. The maximum atomic E-state index is 12.8. The van der Waals surface area contributed by atoms with Gasteiger partial charge in [-0.15, -0.1) is 24.7 Å². The van der Waals surface area contributed by atoms with Gasteiger partial charge in [-0.05, 0) is 50.2 Å². The van der Waals surface area contributed by atoms with E-state index in [4.69, 9.17) is 0 Å². The van der Waals surface area contributed by atoms with Gasteiger partial charge >= 0.3 is 11.9 Å². The van der Waals surface area contributed by atoms with Crippen LogP contribution in [0.4, 0.5) is 11.4 Å². The van der Waals surface area contributed by atoms with Crippen molar-refractivity contribution >= 4 is 45.9 Å². The number of terminal acetylenes is 2. The predicted octanol–water partition coefficient (Wildman–Crippen LogP) is 6.02. The number of carbonyl (C=O) groups is 4. The molecule has 0 bridgehead atoms. The minimum Gasteiger partial charge on any atom is -0.478 e. The molecule has 8 nitrogen and oxygen atoms in total. The van der Waals surface area contributed by atoms with E-state index in [9.17, 15) is 29.4 Å². The molecule has 0 aromatic heterocycles. The molecule has 0 spiro atoms. The molecular formula is C32H26N2O6. The van der Waals surface area contributed by atoms with Gasteiger partial charge in [0.05, 0.1) is 22.3 Å². The lowest BCUT2D eigenvalue weighted by Gasteiger charge is -2.14. The number of nitrogens with one attached hydrogen (secondary N) is 2. The highest BCUT2D eigenvalue weighted by Crippen LogP contribution is 2.30. The second kappa shape index (κ2) is 14.8. The summed E-state index contributed by atoms with van der Waals surface area (Å²) in [7, 11) is 0. The van der Waals surface area contributed by atoms with E-state index >= 15 is 0 Å². The largest absolute Gasteiger partial charge is 0.478 e. The summed E-state index contributed by atoms with van der Waals surface area (Å²) in [6.45, 7) is 3.31. The first kappa shape index (κ1) is 30.4. The Morgan fingerprint density at radius 1 is 0.550 bits per heavy atom. The molecule has 0 aliphatic carbocycles. The molecule has 0 unspecified atom stereocenters. The molecule has 0 aliphatic heterocycles.